The Kier molecular flexibility index (Phi) is 4.59. The monoisotopic (exact) mass is 314 g/mol. The van der Waals surface area contributed by atoms with Crippen molar-refractivity contribution in [3.05, 3.63) is 30.5 Å². The molecule has 118 valence electrons. The van der Waals surface area contributed by atoms with E-state index in [0.717, 1.165) is 6.20 Å². The molecule has 7 nitrogen and oxygen atoms in total. The summed E-state index contributed by atoms with van der Waals surface area (Å²) in [5.74, 6) is 0.643. The predicted octanol–water partition coefficient (Wildman–Crippen LogP) is 2.44. The molecule has 10 heteroatoms. The van der Waals surface area contributed by atoms with Crippen molar-refractivity contribution in [2.45, 2.75) is 26.1 Å². The second kappa shape index (κ2) is 6.41. The van der Waals surface area contributed by atoms with Crippen LogP contribution in [0.1, 0.15) is 12.7 Å². The lowest BCUT2D eigenvalue weighted by Gasteiger charge is -2.06. The van der Waals surface area contributed by atoms with Crippen molar-refractivity contribution >= 4 is 17.5 Å². The first kappa shape index (κ1) is 15.7. The maximum absolute atomic E-state index is 12.2. The van der Waals surface area contributed by atoms with Gasteiger partial charge in [-0.05, 0) is 0 Å². The zero-order valence-corrected chi connectivity index (χ0v) is 11.6. The molecule has 2 heterocycles. The molecule has 0 fully saturated rings. The molecule has 0 spiro atoms. The third-order valence-corrected chi connectivity index (χ3v) is 2.50. The molecule has 2 aromatic rings. The number of nitrogens with zero attached hydrogens (tertiary/aromatic N) is 4. The number of amides is 2. The van der Waals surface area contributed by atoms with Crippen molar-refractivity contribution in [3.63, 3.8) is 0 Å². The van der Waals surface area contributed by atoms with E-state index in [4.69, 9.17) is 0 Å². The first-order chi connectivity index (χ1) is 10.4. The molecule has 0 aliphatic carbocycles. The van der Waals surface area contributed by atoms with E-state index in [1.165, 1.54) is 18.5 Å². The minimum atomic E-state index is -4.37. The minimum absolute atomic E-state index is 0.00727. The van der Waals surface area contributed by atoms with Crippen LogP contribution in [-0.2, 0) is 13.0 Å². The third kappa shape index (κ3) is 4.72. The maximum atomic E-state index is 12.2. The number of hydrogen-bond acceptors (Lipinski definition) is 4. The van der Waals surface area contributed by atoms with Crippen LogP contribution in [0.4, 0.5) is 29.5 Å². The fourth-order valence-corrected chi connectivity index (χ4v) is 1.58. The van der Waals surface area contributed by atoms with Gasteiger partial charge < -0.3 is 5.32 Å². The molecule has 0 aliphatic rings. The summed E-state index contributed by atoms with van der Waals surface area (Å²) in [4.78, 5) is 19.7. The van der Waals surface area contributed by atoms with Gasteiger partial charge in [-0.2, -0.15) is 18.3 Å². The van der Waals surface area contributed by atoms with E-state index in [9.17, 15) is 18.0 Å². The van der Waals surface area contributed by atoms with E-state index in [1.54, 1.807) is 0 Å². The largest absolute Gasteiger partial charge is 0.408 e. The Hall–Kier alpha value is -2.65. The van der Waals surface area contributed by atoms with Crippen LogP contribution in [0.5, 0.6) is 0 Å². The number of nitrogens with one attached hydrogen (secondary N) is 2. The van der Waals surface area contributed by atoms with E-state index < -0.39 is 18.8 Å². The number of carbonyl (C=O) groups is 1. The Balaban J connectivity index is 1.91. The Morgan fingerprint density at radius 3 is 2.55 bits per heavy atom. The number of hydrogen-bond donors (Lipinski definition) is 2. The van der Waals surface area contributed by atoms with Gasteiger partial charge in [-0.1, -0.05) is 6.92 Å². The topological polar surface area (TPSA) is 84.7 Å². The fraction of sp³-hybridized carbons (Fsp3) is 0.333. The molecule has 2 N–H and O–H groups in total. The first-order valence-electron chi connectivity index (χ1n) is 6.35. The van der Waals surface area contributed by atoms with Crippen LogP contribution in [-0.4, -0.2) is 32.0 Å². The van der Waals surface area contributed by atoms with E-state index in [0.29, 0.717) is 22.6 Å². The van der Waals surface area contributed by atoms with Crippen LogP contribution < -0.4 is 10.6 Å². The smallest absolute Gasteiger partial charge is 0.305 e. The second-order valence-corrected chi connectivity index (χ2v) is 4.33. The SMILES string of the molecule is CCc1ncc(NC(=O)Nc2ccn(CC(F)(F)F)n2)cn1. The van der Waals surface area contributed by atoms with Crippen molar-refractivity contribution in [1.82, 2.24) is 19.7 Å². The average molecular weight is 314 g/mol. The molecular weight excluding hydrogens is 301 g/mol. The summed E-state index contributed by atoms with van der Waals surface area (Å²) in [7, 11) is 0. The van der Waals surface area contributed by atoms with Gasteiger partial charge in [0, 0.05) is 18.7 Å². The van der Waals surface area contributed by atoms with Crippen LogP contribution in [0, 0.1) is 0 Å². The molecule has 0 aromatic carbocycles. The molecule has 0 saturated carbocycles. The molecule has 2 amide bonds. The van der Waals surface area contributed by atoms with Gasteiger partial charge in [0.2, 0.25) is 0 Å². The Bertz CT molecular complexity index is 637. The van der Waals surface area contributed by atoms with E-state index in [1.807, 2.05) is 6.92 Å². The van der Waals surface area contributed by atoms with Crippen LogP contribution in [0.15, 0.2) is 24.7 Å². The third-order valence-electron chi connectivity index (χ3n) is 2.50. The van der Waals surface area contributed by atoms with Crippen LogP contribution in [0.25, 0.3) is 0 Å². The normalized spacial score (nSPS) is 11.3. The molecule has 0 unspecified atom stereocenters. The maximum Gasteiger partial charge on any atom is 0.408 e. The zero-order valence-electron chi connectivity index (χ0n) is 11.6. The van der Waals surface area contributed by atoms with Crippen molar-refractivity contribution < 1.29 is 18.0 Å². The van der Waals surface area contributed by atoms with E-state index in [-0.39, 0.29) is 5.82 Å². The molecule has 22 heavy (non-hydrogen) atoms. The average Bonchev–Trinajstić information content (AvgIpc) is 2.84. The Labute approximate surface area is 123 Å². The number of alkyl halides is 3. The summed E-state index contributed by atoms with van der Waals surface area (Å²) in [6.45, 7) is 0.676. The van der Waals surface area contributed by atoms with Gasteiger partial charge in [0.1, 0.15) is 12.4 Å². The summed E-state index contributed by atoms with van der Waals surface area (Å²) >= 11 is 0. The summed E-state index contributed by atoms with van der Waals surface area (Å²) in [6, 6.07) is 0.618. The number of anilines is 2. The predicted molar refractivity (Wildman–Crippen MR) is 72.3 cm³/mol. The number of rotatable bonds is 4. The van der Waals surface area contributed by atoms with Crippen molar-refractivity contribution in [2.24, 2.45) is 0 Å². The number of urea groups is 1. The summed E-state index contributed by atoms with van der Waals surface area (Å²) < 4.78 is 37.3. The first-order valence-corrected chi connectivity index (χ1v) is 6.35. The number of carbonyl (C=O) groups excluding carboxylic acids is 1. The number of halogens is 3. The minimum Gasteiger partial charge on any atom is -0.305 e. The summed E-state index contributed by atoms with van der Waals surface area (Å²) in [5, 5.41) is 8.37. The van der Waals surface area contributed by atoms with E-state index in [2.05, 4.69) is 25.7 Å². The van der Waals surface area contributed by atoms with Gasteiger partial charge >= 0.3 is 12.2 Å². The lowest BCUT2D eigenvalue weighted by molar-refractivity contribution is -0.142. The summed E-state index contributed by atoms with van der Waals surface area (Å²) in [5.41, 5.74) is 0.365. The molecule has 2 rings (SSSR count). The highest BCUT2D eigenvalue weighted by molar-refractivity contribution is 5.98. The van der Waals surface area contributed by atoms with Crippen LogP contribution in [0.3, 0.4) is 0 Å². The van der Waals surface area contributed by atoms with E-state index >= 15 is 0 Å². The molecule has 0 atom stereocenters. The van der Waals surface area contributed by atoms with Crippen molar-refractivity contribution in [1.29, 1.82) is 0 Å². The second-order valence-electron chi connectivity index (χ2n) is 4.33. The molecule has 0 aliphatic heterocycles. The zero-order chi connectivity index (χ0) is 16.2. The van der Waals surface area contributed by atoms with Crippen LogP contribution in [0.2, 0.25) is 0 Å². The highest BCUT2D eigenvalue weighted by Gasteiger charge is 2.28. The van der Waals surface area contributed by atoms with Gasteiger partial charge in [0.05, 0.1) is 18.1 Å². The molecule has 0 radical (unpaired) electrons. The Morgan fingerprint density at radius 2 is 1.95 bits per heavy atom. The van der Waals surface area contributed by atoms with Crippen LogP contribution >= 0.6 is 0 Å². The fourth-order valence-electron chi connectivity index (χ4n) is 1.58. The number of aromatic nitrogens is 4. The van der Waals surface area contributed by atoms with Gasteiger partial charge in [-0.3, -0.25) is 10.00 Å². The summed E-state index contributed by atoms with van der Waals surface area (Å²) in [6.07, 6.45) is 0.302. The van der Waals surface area contributed by atoms with Crippen molar-refractivity contribution in [3.8, 4) is 0 Å². The lowest BCUT2D eigenvalue weighted by Crippen LogP contribution is -2.21. The van der Waals surface area contributed by atoms with Crippen molar-refractivity contribution in [2.75, 3.05) is 10.6 Å². The highest BCUT2D eigenvalue weighted by atomic mass is 19.4. The molecule has 0 saturated heterocycles. The van der Waals surface area contributed by atoms with Gasteiger partial charge in [-0.15, -0.1) is 0 Å². The highest BCUT2D eigenvalue weighted by Crippen LogP contribution is 2.17. The Morgan fingerprint density at radius 1 is 1.27 bits per heavy atom. The molecular formula is C12H13F3N6O. The van der Waals surface area contributed by atoms with Gasteiger partial charge in [0.15, 0.2) is 5.82 Å². The molecule has 0 bridgehead atoms. The quantitative estimate of drug-likeness (QED) is 0.908. The van der Waals surface area contributed by atoms with Gasteiger partial charge in [-0.25, -0.2) is 14.8 Å². The number of aryl methyl sites for hydroxylation is 1. The van der Waals surface area contributed by atoms with Gasteiger partial charge in [0.25, 0.3) is 0 Å². The standard InChI is InChI=1S/C12H13F3N6O/c1-2-9-16-5-8(6-17-9)18-11(22)19-10-3-4-21(20-10)7-12(13,14)15/h3-6H,2,7H2,1H3,(H2,18,19,20,22). The lowest BCUT2D eigenvalue weighted by atomic mass is 10.4. The molecule has 2 aromatic heterocycles.